The number of carboxylic acids is 1. The second-order valence-corrected chi connectivity index (χ2v) is 6.22. The molecule has 0 aliphatic carbocycles. The molecular formula is C19H24N4O5. The maximum absolute atomic E-state index is 13.1. The van der Waals surface area contributed by atoms with Gasteiger partial charge in [0.25, 0.3) is 5.91 Å². The lowest BCUT2D eigenvalue weighted by atomic mass is 10.2. The largest absolute Gasteiger partial charge is 0.494 e. The standard InChI is InChI=1S/C19H24N4O5/c1-12-15(11-21-23(12)16-7-5-6-8-17(16)28-4)18(25)22(13(2)19(26)27)10-9-20-14(3)24/h5-8,11,13H,9-10H2,1-4H3,(H,20,24)(H,26,27). The molecule has 0 aliphatic rings. The number of carbonyl (C=O) groups is 3. The highest BCUT2D eigenvalue weighted by Crippen LogP contribution is 2.24. The van der Waals surface area contributed by atoms with Crippen molar-refractivity contribution in [1.82, 2.24) is 20.0 Å². The summed E-state index contributed by atoms with van der Waals surface area (Å²) in [5, 5.41) is 16.2. The van der Waals surface area contributed by atoms with Gasteiger partial charge in [-0.1, -0.05) is 12.1 Å². The van der Waals surface area contributed by atoms with E-state index < -0.39 is 17.9 Å². The third-order valence-corrected chi connectivity index (χ3v) is 4.37. The van der Waals surface area contributed by atoms with Crippen LogP contribution in [0, 0.1) is 6.92 Å². The van der Waals surface area contributed by atoms with E-state index in [0.29, 0.717) is 17.1 Å². The van der Waals surface area contributed by atoms with E-state index in [2.05, 4.69) is 10.4 Å². The highest BCUT2D eigenvalue weighted by molar-refractivity contribution is 5.97. The Kier molecular flexibility index (Phi) is 6.75. The van der Waals surface area contributed by atoms with E-state index >= 15 is 0 Å². The number of para-hydroxylation sites is 2. The average Bonchev–Trinajstić information content (AvgIpc) is 3.05. The van der Waals surface area contributed by atoms with E-state index in [1.165, 1.54) is 24.9 Å². The summed E-state index contributed by atoms with van der Waals surface area (Å²) in [5.41, 5.74) is 1.50. The number of hydrogen-bond acceptors (Lipinski definition) is 5. The normalized spacial score (nSPS) is 11.6. The summed E-state index contributed by atoms with van der Waals surface area (Å²) in [7, 11) is 1.54. The molecule has 1 aromatic heterocycles. The number of nitrogens with zero attached hydrogens (tertiary/aromatic N) is 3. The molecule has 2 rings (SSSR count). The van der Waals surface area contributed by atoms with Crippen molar-refractivity contribution < 1.29 is 24.2 Å². The topological polar surface area (TPSA) is 114 Å². The predicted octanol–water partition coefficient (Wildman–Crippen LogP) is 1.24. The molecule has 2 N–H and O–H groups in total. The van der Waals surface area contributed by atoms with E-state index in [9.17, 15) is 19.5 Å². The Labute approximate surface area is 162 Å². The number of benzene rings is 1. The minimum absolute atomic E-state index is 0.0607. The van der Waals surface area contributed by atoms with Crippen LogP contribution in [-0.4, -0.2) is 63.8 Å². The zero-order chi connectivity index (χ0) is 20.8. The lowest BCUT2D eigenvalue weighted by Gasteiger charge is -2.26. The Hall–Kier alpha value is -3.36. The monoisotopic (exact) mass is 388 g/mol. The summed E-state index contributed by atoms with van der Waals surface area (Å²) in [4.78, 5) is 36.8. The third kappa shape index (κ3) is 4.48. The molecule has 1 heterocycles. The van der Waals surface area contributed by atoms with E-state index in [1.807, 2.05) is 18.2 Å². The van der Waals surface area contributed by atoms with Gasteiger partial charge < -0.3 is 20.1 Å². The van der Waals surface area contributed by atoms with Crippen LogP contribution in [-0.2, 0) is 9.59 Å². The minimum Gasteiger partial charge on any atom is -0.494 e. The first kappa shape index (κ1) is 20.9. The number of aliphatic carboxylic acids is 1. The fourth-order valence-electron chi connectivity index (χ4n) is 2.78. The van der Waals surface area contributed by atoms with Crippen molar-refractivity contribution in [3.8, 4) is 11.4 Å². The van der Waals surface area contributed by atoms with Gasteiger partial charge in [0, 0.05) is 20.0 Å². The van der Waals surface area contributed by atoms with E-state index in [0.717, 1.165) is 0 Å². The first-order chi connectivity index (χ1) is 13.3. The van der Waals surface area contributed by atoms with Crippen LogP contribution in [0.1, 0.15) is 29.9 Å². The predicted molar refractivity (Wildman–Crippen MR) is 102 cm³/mol. The molecule has 2 amide bonds. The lowest BCUT2D eigenvalue weighted by molar-refractivity contribution is -0.141. The molecule has 0 saturated heterocycles. The molecule has 0 bridgehead atoms. The van der Waals surface area contributed by atoms with Crippen LogP contribution in [0.5, 0.6) is 5.75 Å². The average molecular weight is 388 g/mol. The van der Waals surface area contributed by atoms with Gasteiger partial charge in [-0.15, -0.1) is 0 Å². The second-order valence-electron chi connectivity index (χ2n) is 6.22. The molecule has 0 radical (unpaired) electrons. The van der Waals surface area contributed by atoms with Gasteiger partial charge in [-0.25, -0.2) is 9.48 Å². The number of hydrogen-bond donors (Lipinski definition) is 2. The number of rotatable bonds is 8. The van der Waals surface area contributed by atoms with Crippen LogP contribution in [0.2, 0.25) is 0 Å². The number of amides is 2. The summed E-state index contributed by atoms with van der Waals surface area (Å²) >= 11 is 0. The Balaban J connectivity index is 2.35. The van der Waals surface area contributed by atoms with Crippen LogP contribution < -0.4 is 10.1 Å². The maximum atomic E-state index is 13.1. The first-order valence-corrected chi connectivity index (χ1v) is 8.74. The van der Waals surface area contributed by atoms with Crippen LogP contribution in [0.15, 0.2) is 30.5 Å². The number of ether oxygens (including phenoxy) is 1. The maximum Gasteiger partial charge on any atom is 0.326 e. The van der Waals surface area contributed by atoms with Gasteiger partial charge in [0.05, 0.1) is 24.6 Å². The van der Waals surface area contributed by atoms with Crippen LogP contribution in [0.3, 0.4) is 0 Å². The van der Waals surface area contributed by atoms with E-state index in [1.54, 1.807) is 24.8 Å². The molecule has 0 spiro atoms. The summed E-state index contributed by atoms with van der Waals surface area (Å²) in [5.74, 6) is -1.27. The van der Waals surface area contributed by atoms with Crippen molar-refractivity contribution >= 4 is 17.8 Å². The van der Waals surface area contributed by atoms with Gasteiger partial charge in [0.1, 0.15) is 17.5 Å². The molecule has 2 aromatic rings. The quantitative estimate of drug-likeness (QED) is 0.703. The molecule has 9 nitrogen and oxygen atoms in total. The molecule has 28 heavy (non-hydrogen) atoms. The van der Waals surface area contributed by atoms with Gasteiger partial charge >= 0.3 is 5.97 Å². The number of nitrogens with one attached hydrogen (secondary N) is 1. The smallest absolute Gasteiger partial charge is 0.326 e. The number of methoxy groups -OCH3 is 1. The van der Waals surface area contributed by atoms with Crippen LogP contribution in [0.25, 0.3) is 5.69 Å². The third-order valence-electron chi connectivity index (χ3n) is 4.37. The molecule has 9 heteroatoms. The Bertz CT molecular complexity index is 877. The number of carbonyl (C=O) groups excluding carboxylic acids is 2. The summed E-state index contributed by atoms with van der Waals surface area (Å²) in [6, 6.07) is 6.18. The zero-order valence-electron chi connectivity index (χ0n) is 16.3. The molecule has 1 atom stereocenters. The first-order valence-electron chi connectivity index (χ1n) is 8.74. The molecule has 0 fully saturated rings. The summed E-state index contributed by atoms with van der Waals surface area (Å²) in [6.45, 7) is 4.72. The summed E-state index contributed by atoms with van der Waals surface area (Å²) < 4.78 is 6.92. The minimum atomic E-state index is -1.13. The molecule has 0 saturated carbocycles. The van der Waals surface area contributed by atoms with Crippen LogP contribution in [0.4, 0.5) is 0 Å². The number of carboxylic acid groups (broad SMARTS) is 1. The fraction of sp³-hybridized carbons (Fsp3) is 0.368. The SMILES string of the molecule is COc1ccccc1-n1ncc(C(=O)N(CCNC(C)=O)C(C)C(=O)O)c1C. The fourth-order valence-corrected chi connectivity index (χ4v) is 2.78. The van der Waals surface area contributed by atoms with Crippen molar-refractivity contribution in [2.24, 2.45) is 0 Å². The van der Waals surface area contributed by atoms with Crippen LogP contribution >= 0.6 is 0 Å². The van der Waals surface area contributed by atoms with Gasteiger partial charge in [-0.05, 0) is 26.0 Å². The highest BCUT2D eigenvalue weighted by atomic mass is 16.5. The summed E-state index contributed by atoms with van der Waals surface area (Å²) in [6.07, 6.45) is 1.41. The van der Waals surface area contributed by atoms with E-state index in [-0.39, 0.29) is 24.6 Å². The van der Waals surface area contributed by atoms with Crippen molar-refractivity contribution in [1.29, 1.82) is 0 Å². The molecule has 1 aromatic carbocycles. The number of aromatic nitrogens is 2. The Morgan fingerprint density at radius 1 is 1.32 bits per heavy atom. The zero-order valence-corrected chi connectivity index (χ0v) is 16.3. The Morgan fingerprint density at radius 3 is 2.61 bits per heavy atom. The van der Waals surface area contributed by atoms with Gasteiger partial charge in [-0.3, -0.25) is 9.59 Å². The Morgan fingerprint density at radius 2 is 2.00 bits per heavy atom. The molecular weight excluding hydrogens is 364 g/mol. The van der Waals surface area contributed by atoms with Crippen molar-refractivity contribution in [2.75, 3.05) is 20.2 Å². The second kappa shape index (κ2) is 9.03. The molecule has 1 unspecified atom stereocenters. The van der Waals surface area contributed by atoms with Crippen molar-refractivity contribution in [3.05, 3.63) is 41.7 Å². The lowest BCUT2D eigenvalue weighted by Crippen LogP contribution is -2.46. The van der Waals surface area contributed by atoms with Crippen molar-refractivity contribution in [3.63, 3.8) is 0 Å². The van der Waals surface area contributed by atoms with Gasteiger partial charge in [0.2, 0.25) is 5.91 Å². The molecule has 0 aliphatic heterocycles. The van der Waals surface area contributed by atoms with E-state index in [4.69, 9.17) is 4.74 Å². The van der Waals surface area contributed by atoms with Gasteiger partial charge in [0.15, 0.2) is 0 Å². The highest BCUT2D eigenvalue weighted by Gasteiger charge is 2.29. The van der Waals surface area contributed by atoms with Gasteiger partial charge in [-0.2, -0.15) is 5.10 Å². The molecule has 150 valence electrons. The van der Waals surface area contributed by atoms with Crippen molar-refractivity contribution in [2.45, 2.75) is 26.8 Å².